The van der Waals surface area contributed by atoms with E-state index in [2.05, 4.69) is 13.0 Å². The topological polar surface area (TPSA) is 26.3 Å². The van der Waals surface area contributed by atoms with Gasteiger partial charge in [0.05, 0.1) is 6.61 Å². The molecule has 0 aromatic rings. The lowest BCUT2D eigenvalue weighted by Gasteiger charge is -2.00. The number of esters is 1. The summed E-state index contributed by atoms with van der Waals surface area (Å²) < 4.78 is 5.01. The van der Waals surface area contributed by atoms with Gasteiger partial charge in [0.25, 0.3) is 0 Å². The molecular formula is C12H20O2. The highest BCUT2D eigenvalue weighted by Gasteiger charge is 1.98. The van der Waals surface area contributed by atoms with E-state index in [-0.39, 0.29) is 5.97 Å². The van der Waals surface area contributed by atoms with Crippen LogP contribution in [0.1, 0.15) is 39.5 Å². The average Bonchev–Trinajstić information content (AvgIpc) is 2.18. The maximum atomic E-state index is 11.1. The van der Waals surface area contributed by atoms with Gasteiger partial charge in [-0.25, -0.2) is 0 Å². The molecule has 80 valence electrons. The molecule has 0 aliphatic carbocycles. The van der Waals surface area contributed by atoms with Crippen molar-refractivity contribution in [1.82, 2.24) is 0 Å². The zero-order chi connectivity index (χ0) is 10.6. The minimum Gasteiger partial charge on any atom is -0.465 e. The van der Waals surface area contributed by atoms with E-state index < -0.39 is 0 Å². The van der Waals surface area contributed by atoms with E-state index in [0.29, 0.717) is 13.0 Å². The zero-order valence-corrected chi connectivity index (χ0v) is 9.16. The predicted octanol–water partition coefficient (Wildman–Crippen LogP) is 3.24. The summed E-state index contributed by atoms with van der Waals surface area (Å²) in [5.74, 6) is -0.104. The van der Waals surface area contributed by atoms with Crippen molar-refractivity contribution in [2.24, 2.45) is 0 Å². The molecule has 0 unspecified atom stereocenters. The first-order chi connectivity index (χ1) is 6.81. The van der Waals surface area contributed by atoms with E-state index in [1.165, 1.54) is 0 Å². The van der Waals surface area contributed by atoms with Crippen LogP contribution >= 0.6 is 0 Å². The van der Waals surface area contributed by atoms with Crippen LogP contribution in [-0.2, 0) is 9.53 Å². The van der Waals surface area contributed by atoms with Crippen LogP contribution in [-0.4, -0.2) is 12.6 Å². The molecule has 0 saturated carbocycles. The normalized spacial score (nSPS) is 11.3. The van der Waals surface area contributed by atoms with Gasteiger partial charge in [-0.15, -0.1) is 0 Å². The van der Waals surface area contributed by atoms with Crippen molar-refractivity contribution in [2.75, 3.05) is 6.61 Å². The van der Waals surface area contributed by atoms with Crippen molar-refractivity contribution >= 4 is 5.97 Å². The Balaban J connectivity index is 3.31. The van der Waals surface area contributed by atoms with Gasteiger partial charge < -0.3 is 4.74 Å². The molecule has 0 amide bonds. The number of hydrogen-bond acceptors (Lipinski definition) is 2. The van der Waals surface area contributed by atoms with Crippen molar-refractivity contribution < 1.29 is 9.53 Å². The summed E-state index contributed by atoms with van der Waals surface area (Å²) >= 11 is 0. The van der Waals surface area contributed by atoms with Crippen molar-refractivity contribution in [3.8, 4) is 0 Å². The van der Waals surface area contributed by atoms with Crippen LogP contribution in [0.25, 0.3) is 0 Å². The first kappa shape index (κ1) is 12.9. The van der Waals surface area contributed by atoms with Gasteiger partial charge in [0, 0.05) is 6.42 Å². The molecule has 0 aliphatic rings. The van der Waals surface area contributed by atoms with Crippen LogP contribution in [0.15, 0.2) is 24.3 Å². The van der Waals surface area contributed by atoms with E-state index in [0.717, 1.165) is 19.3 Å². The van der Waals surface area contributed by atoms with Crippen molar-refractivity contribution in [3.63, 3.8) is 0 Å². The molecule has 2 heteroatoms. The maximum absolute atomic E-state index is 11.1. The molecule has 0 radical (unpaired) electrons. The lowest BCUT2D eigenvalue weighted by atomic mass is 10.3. The Kier molecular flexibility index (Phi) is 9.28. The second-order valence-corrected chi connectivity index (χ2v) is 3.00. The summed E-state index contributed by atoms with van der Waals surface area (Å²) in [6, 6.07) is 0. The number of rotatable bonds is 7. The molecular weight excluding hydrogens is 176 g/mol. The van der Waals surface area contributed by atoms with E-state index in [9.17, 15) is 4.79 Å². The summed E-state index contributed by atoms with van der Waals surface area (Å²) in [5.41, 5.74) is 0. The highest BCUT2D eigenvalue weighted by Crippen LogP contribution is 1.96. The molecule has 0 rings (SSSR count). The van der Waals surface area contributed by atoms with E-state index in [4.69, 9.17) is 4.74 Å². The third-order valence-corrected chi connectivity index (χ3v) is 1.70. The molecule has 0 atom stereocenters. The maximum Gasteiger partial charge on any atom is 0.306 e. The molecule has 0 heterocycles. The van der Waals surface area contributed by atoms with Gasteiger partial charge in [-0.1, -0.05) is 31.2 Å². The Morgan fingerprint density at radius 2 is 2.00 bits per heavy atom. The lowest BCUT2D eigenvalue weighted by Crippen LogP contribution is -2.04. The van der Waals surface area contributed by atoms with Crippen LogP contribution in [0.4, 0.5) is 0 Å². The number of allylic oxidation sites excluding steroid dienone is 3. The Hall–Kier alpha value is -1.05. The summed E-state index contributed by atoms with van der Waals surface area (Å²) in [6.07, 6.45) is 11.2. The second kappa shape index (κ2) is 10.0. The van der Waals surface area contributed by atoms with Crippen molar-refractivity contribution in [3.05, 3.63) is 24.3 Å². The van der Waals surface area contributed by atoms with Crippen LogP contribution in [0, 0.1) is 0 Å². The third-order valence-electron chi connectivity index (χ3n) is 1.70. The first-order valence-electron chi connectivity index (χ1n) is 5.23. The molecule has 0 spiro atoms. The minimum absolute atomic E-state index is 0.104. The lowest BCUT2D eigenvalue weighted by molar-refractivity contribution is -0.143. The van der Waals surface area contributed by atoms with Gasteiger partial charge in [-0.2, -0.15) is 0 Å². The summed E-state index contributed by atoms with van der Waals surface area (Å²) in [7, 11) is 0. The molecule has 0 aliphatic heterocycles. The fraction of sp³-hybridized carbons (Fsp3) is 0.583. The molecule has 0 fully saturated rings. The Labute approximate surface area is 86.6 Å². The van der Waals surface area contributed by atoms with Crippen molar-refractivity contribution in [2.45, 2.75) is 39.5 Å². The van der Waals surface area contributed by atoms with Gasteiger partial charge in [0.15, 0.2) is 0 Å². The third kappa shape index (κ3) is 9.04. The van der Waals surface area contributed by atoms with Gasteiger partial charge in [0.1, 0.15) is 0 Å². The number of carbonyl (C=O) groups excluding carboxylic acids is 1. The Bertz CT molecular complexity index is 192. The van der Waals surface area contributed by atoms with Gasteiger partial charge >= 0.3 is 5.97 Å². The molecule has 0 saturated heterocycles. The molecule has 2 nitrogen and oxygen atoms in total. The van der Waals surface area contributed by atoms with E-state index in [1.807, 2.05) is 25.2 Å². The van der Waals surface area contributed by atoms with E-state index in [1.54, 1.807) is 0 Å². The standard InChI is InChI=1S/C12H20O2/c1-3-5-7-9-11-14-12(13)10-8-6-4-2/h4-7H,3,8-11H2,1-2H3/b6-4+,7-5-. The summed E-state index contributed by atoms with van der Waals surface area (Å²) in [4.78, 5) is 11.1. The molecule has 0 aromatic carbocycles. The van der Waals surface area contributed by atoms with Gasteiger partial charge in [-0.3, -0.25) is 4.79 Å². The number of hydrogen-bond donors (Lipinski definition) is 0. The summed E-state index contributed by atoms with van der Waals surface area (Å²) in [5, 5.41) is 0. The number of carbonyl (C=O) groups is 1. The predicted molar refractivity (Wildman–Crippen MR) is 59.1 cm³/mol. The number of ether oxygens (including phenoxy) is 1. The Morgan fingerprint density at radius 3 is 2.64 bits per heavy atom. The molecule has 0 bridgehead atoms. The largest absolute Gasteiger partial charge is 0.465 e. The first-order valence-corrected chi connectivity index (χ1v) is 5.23. The Morgan fingerprint density at radius 1 is 1.21 bits per heavy atom. The molecule has 0 N–H and O–H groups in total. The van der Waals surface area contributed by atoms with Crippen LogP contribution < -0.4 is 0 Å². The smallest absolute Gasteiger partial charge is 0.306 e. The quantitative estimate of drug-likeness (QED) is 0.355. The monoisotopic (exact) mass is 196 g/mol. The molecule has 14 heavy (non-hydrogen) atoms. The second-order valence-electron chi connectivity index (χ2n) is 3.00. The van der Waals surface area contributed by atoms with Crippen LogP contribution in [0.5, 0.6) is 0 Å². The summed E-state index contributed by atoms with van der Waals surface area (Å²) in [6.45, 7) is 4.53. The van der Waals surface area contributed by atoms with Gasteiger partial charge in [0.2, 0.25) is 0 Å². The van der Waals surface area contributed by atoms with Crippen LogP contribution in [0.3, 0.4) is 0 Å². The minimum atomic E-state index is -0.104. The highest BCUT2D eigenvalue weighted by atomic mass is 16.5. The fourth-order valence-electron chi connectivity index (χ4n) is 0.965. The fourth-order valence-corrected chi connectivity index (χ4v) is 0.965. The van der Waals surface area contributed by atoms with Crippen molar-refractivity contribution in [1.29, 1.82) is 0 Å². The average molecular weight is 196 g/mol. The SMILES string of the molecule is C/C=C/CCC(=O)OCC/C=C\CC. The zero-order valence-electron chi connectivity index (χ0n) is 9.16. The van der Waals surface area contributed by atoms with Crippen LogP contribution in [0.2, 0.25) is 0 Å². The highest BCUT2D eigenvalue weighted by molar-refractivity contribution is 5.69. The van der Waals surface area contributed by atoms with E-state index >= 15 is 0 Å². The molecule has 0 aromatic heterocycles. The van der Waals surface area contributed by atoms with Gasteiger partial charge in [-0.05, 0) is 26.2 Å².